The van der Waals surface area contributed by atoms with Gasteiger partial charge in [-0.2, -0.15) is 0 Å². The molecule has 1 aliphatic heterocycles. The summed E-state index contributed by atoms with van der Waals surface area (Å²) in [7, 11) is 0. The fraction of sp³-hybridized carbons (Fsp3) is 0.0303. The summed E-state index contributed by atoms with van der Waals surface area (Å²) in [5.74, 6) is 0.318. The molecule has 0 saturated carbocycles. The Balaban J connectivity index is 0.890. The van der Waals surface area contributed by atoms with Crippen molar-refractivity contribution in [2.45, 2.75) is 12.0 Å². The second-order valence-electron chi connectivity index (χ2n) is 18.0. The molecule has 10 aromatic carbocycles. The minimum absolute atomic E-state index is 0.221. The molecule has 1 aliphatic carbocycles. The third-order valence-electron chi connectivity index (χ3n) is 14.0. The first kappa shape index (κ1) is 40.4. The molecular formula is C66H46N2O. The van der Waals surface area contributed by atoms with Crippen LogP contribution in [0, 0.1) is 0 Å². The fourth-order valence-electron chi connectivity index (χ4n) is 10.8. The normalized spacial score (nSPS) is 14.8. The van der Waals surface area contributed by atoms with Gasteiger partial charge in [0.15, 0.2) is 0 Å². The summed E-state index contributed by atoms with van der Waals surface area (Å²) in [5.41, 5.74) is 20.5. The van der Waals surface area contributed by atoms with Gasteiger partial charge in [-0.3, -0.25) is 0 Å². The average Bonchev–Trinajstić information content (AvgIpc) is 3.98. The number of nitrogens with zero attached hydrogens (tertiary/aromatic N) is 2. The summed E-state index contributed by atoms with van der Waals surface area (Å²) >= 11 is 0. The minimum atomic E-state index is 0.221. The molecule has 0 fully saturated rings. The molecule has 3 nitrogen and oxygen atoms in total. The zero-order valence-corrected chi connectivity index (χ0v) is 37.9. The van der Waals surface area contributed by atoms with Crippen molar-refractivity contribution in [3.05, 3.63) is 273 Å². The van der Waals surface area contributed by atoms with Crippen molar-refractivity contribution in [2.24, 2.45) is 0 Å². The topological polar surface area (TPSA) is 19.6 Å². The molecule has 2 atom stereocenters. The molecule has 326 valence electrons. The standard InChI is InChI=1S/C66H46N2O/c1-2-16-45(17-3-1)46-32-34-47(35-33-46)50-18-14-19-53(44-50)67(51-40-36-48(37-41-51)54-20-4-5-22-56(54)60-26-15-27-61-59-25-9-13-31-65(59)69-66(60)61)52-42-38-49(39-43-52)55-21-6-10-28-62(55)68-63-29-11-7-23-57(63)58-24-8-12-30-64(58)68/h1-44,57,63H. The smallest absolute Gasteiger partial charge is 0.143 e. The van der Waals surface area contributed by atoms with Gasteiger partial charge in [-0.1, -0.05) is 212 Å². The van der Waals surface area contributed by atoms with E-state index in [0.717, 1.165) is 66.8 Å². The van der Waals surface area contributed by atoms with E-state index in [0.29, 0.717) is 5.92 Å². The first-order valence-electron chi connectivity index (χ1n) is 23.8. The van der Waals surface area contributed by atoms with Gasteiger partial charge in [-0.15, -0.1) is 0 Å². The Kier molecular flexibility index (Phi) is 9.98. The monoisotopic (exact) mass is 882 g/mol. The molecule has 2 heterocycles. The number of hydrogen-bond acceptors (Lipinski definition) is 3. The molecule has 1 aromatic heterocycles. The number of furan rings is 1. The molecule has 69 heavy (non-hydrogen) atoms. The van der Waals surface area contributed by atoms with Gasteiger partial charge in [-0.25, -0.2) is 0 Å². The van der Waals surface area contributed by atoms with Crippen LogP contribution in [0.2, 0.25) is 0 Å². The third-order valence-corrected chi connectivity index (χ3v) is 14.0. The Morgan fingerprint density at radius 3 is 1.67 bits per heavy atom. The van der Waals surface area contributed by atoms with E-state index in [9.17, 15) is 0 Å². The van der Waals surface area contributed by atoms with Crippen LogP contribution in [0.1, 0.15) is 11.5 Å². The molecule has 0 bridgehead atoms. The van der Waals surface area contributed by atoms with E-state index in [1.807, 2.05) is 12.1 Å². The molecule has 2 unspecified atom stereocenters. The third kappa shape index (κ3) is 7.15. The van der Waals surface area contributed by atoms with Gasteiger partial charge in [0.25, 0.3) is 0 Å². The van der Waals surface area contributed by atoms with Crippen molar-refractivity contribution < 1.29 is 4.42 Å². The summed E-state index contributed by atoms with van der Waals surface area (Å²) in [6, 6.07) is 87.9. The summed E-state index contributed by atoms with van der Waals surface area (Å²) in [5, 5.41) is 2.26. The highest BCUT2D eigenvalue weighted by Gasteiger charge is 2.38. The van der Waals surface area contributed by atoms with E-state index in [2.05, 4.69) is 265 Å². The number of benzene rings is 10. The van der Waals surface area contributed by atoms with E-state index < -0.39 is 0 Å². The summed E-state index contributed by atoms with van der Waals surface area (Å²) < 4.78 is 6.53. The van der Waals surface area contributed by atoms with E-state index in [1.165, 1.54) is 44.8 Å². The van der Waals surface area contributed by atoms with Gasteiger partial charge >= 0.3 is 0 Å². The average molecular weight is 883 g/mol. The Labute approximate surface area is 402 Å². The maximum Gasteiger partial charge on any atom is 0.143 e. The lowest BCUT2D eigenvalue weighted by Gasteiger charge is -2.31. The van der Waals surface area contributed by atoms with Crippen LogP contribution in [0.3, 0.4) is 0 Å². The largest absolute Gasteiger partial charge is 0.455 e. The van der Waals surface area contributed by atoms with Crippen LogP contribution in [-0.2, 0) is 0 Å². The molecule has 0 spiro atoms. The summed E-state index contributed by atoms with van der Waals surface area (Å²) in [6.07, 6.45) is 9.07. The molecule has 0 N–H and O–H groups in total. The highest BCUT2D eigenvalue weighted by atomic mass is 16.3. The van der Waals surface area contributed by atoms with E-state index in [1.54, 1.807) is 0 Å². The number of hydrogen-bond donors (Lipinski definition) is 0. The molecule has 0 amide bonds. The molecule has 2 aliphatic rings. The van der Waals surface area contributed by atoms with Crippen molar-refractivity contribution in [3.8, 4) is 55.6 Å². The first-order chi connectivity index (χ1) is 34.2. The van der Waals surface area contributed by atoms with Crippen LogP contribution in [-0.4, -0.2) is 6.04 Å². The first-order valence-corrected chi connectivity index (χ1v) is 23.8. The predicted molar refractivity (Wildman–Crippen MR) is 289 cm³/mol. The Morgan fingerprint density at radius 1 is 0.348 bits per heavy atom. The zero-order chi connectivity index (χ0) is 45.7. The van der Waals surface area contributed by atoms with Gasteiger partial charge in [-0.05, 0) is 105 Å². The van der Waals surface area contributed by atoms with E-state index >= 15 is 0 Å². The van der Waals surface area contributed by atoms with Gasteiger partial charge < -0.3 is 14.2 Å². The lowest BCUT2D eigenvalue weighted by atomic mass is 9.91. The van der Waals surface area contributed by atoms with Gasteiger partial charge in [0, 0.05) is 56.3 Å². The fourth-order valence-corrected chi connectivity index (χ4v) is 10.8. The van der Waals surface area contributed by atoms with Gasteiger partial charge in [0.1, 0.15) is 11.2 Å². The quantitative estimate of drug-likeness (QED) is 0.144. The lowest BCUT2D eigenvalue weighted by molar-refractivity contribution is 0.670. The van der Waals surface area contributed by atoms with Crippen LogP contribution < -0.4 is 9.80 Å². The van der Waals surface area contributed by atoms with Crippen LogP contribution in [0.25, 0.3) is 77.6 Å². The number of anilines is 5. The van der Waals surface area contributed by atoms with Gasteiger partial charge in [0.2, 0.25) is 0 Å². The van der Waals surface area contributed by atoms with Gasteiger partial charge in [0.05, 0.1) is 6.04 Å². The van der Waals surface area contributed by atoms with Crippen molar-refractivity contribution in [1.29, 1.82) is 0 Å². The van der Waals surface area contributed by atoms with Crippen molar-refractivity contribution in [3.63, 3.8) is 0 Å². The number of para-hydroxylation sites is 4. The predicted octanol–water partition coefficient (Wildman–Crippen LogP) is 18.1. The molecule has 13 rings (SSSR count). The van der Waals surface area contributed by atoms with Crippen LogP contribution >= 0.6 is 0 Å². The number of rotatable bonds is 9. The molecule has 0 radical (unpaired) electrons. The van der Waals surface area contributed by atoms with E-state index in [4.69, 9.17) is 4.42 Å². The molecule has 3 heteroatoms. The maximum atomic E-state index is 6.53. The van der Waals surface area contributed by atoms with Crippen molar-refractivity contribution in [2.75, 3.05) is 9.80 Å². The molecule has 11 aromatic rings. The van der Waals surface area contributed by atoms with E-state index in [-0.39, 0.29) is 6.04 Å². The summed E-state index contributed by atoms with van der Waals surface area (Å²) in [4.78, 5) is 4.91. The maximum absolute atomic E-state index is 6.53. The van der Waals surface area contributed by atoms with Crippen LogP contribution in [0.5, 0.6) is 0 Å². The second-order valence-corrected chi connectivity index (χ2v) is 18.0. The number of fused-ring (bicyclic) bond motifs is 6. The Morgan fingerprint density at radius 2 is 0.884 bits per heavy atom. The van der Waals surface area contributed by atoms with Crippen molar-refractivity contribution in [1.82, 2.24) is 0 Å². The number of allylic oxidation sites excluding steroid dienone is 2. The highest BCUT2D eigenvalue weighted by Crippen LogP contribution is 2.50. The van der Waals surface area contributed by atoms with Crippen molar-refractivity contribution >= 4 is 50.4 Å². The highest BCUT2D eigenvalue weighted by molar-refractivity contribution is 6.10. The van der Waals surface area contributed by atoms with Crippen LogP contribution in [0.15, 0.2) is 271 Å². The summed E-state index contributed by atoms with van der Waals surface area (Å²) in [6.45, 7) is 0. The zero-order valence-electron chi connectivity index (χ0n) is 37.9. The molecule has 0 saturated heterocycles. The molecular weight excluding hydrogens is 837 g/mol. The Bertz CT molecular complexity index is 3730. The lowest BCUT2D eigenvalue weighted by Crippen LogP contribution is -2.28. The minimum Gasteiger partial charge on any atom is -0.455 e. The van der Waals surface area contributed by atoms with Crippen LogP contribution in [0.4, 0.5) is 28.4 Å². The second kappa shape index (κ2) is 17.1. The SMILES string of the molecule is C1=CC2c3ccccc3N(c3ccccc3-c3ccc(N(c4ccc(-c5ccccc5-c5cccc6c5oc5ccccc56)cc4)c4cccc(-c5ccc(-c6ccccc6)cc5)c4)cc3)C2C=C1. The Hall–Kier alpha value is -8.92.